The van der Waals surface area contributed by atoms with E-state index in [1.54, 1.807) is 24.1 Å². The van der Waals surface area contributed by atoms with E-state index < -0.39 is 0 Å². The standard InChI is InChI=1S/C11H9Cl2N2O/c1-16-7-8-5-6-14-15(8)10-4-2-3-9(12)11(10)13/h2-4,6H,7H2,1H3. The van der Waals surface area contributed by atoms with Gasteiger partial charge in [0.25, 0.3) is 0 Å². The highest BCUT2D eigenvalue weighted by molar-refractivity contribution is 6.43. The number of hydrogen-bond donors (Lipinski definition) is 0. The molecule has 0 bridgehead atoms. The summed E-state index contributed by atoms with van der Waals surface area (Å²) in [6.07, 6.45) is 1.57. The summed E-state index contributed by atoms with van der Waals surface area (Å²) < 4.78 is 6.71. The van der Waals surface area contributed by atoms with Crippen LogP contribution in [-0.4, -0.2) is 16.9 Å². The summed E-state index contributed by atoms with van der Waals surface area (Å²) >= 11 is 12.1. The van der Waals surface area contributed by atoms with Crippen molar-refractivity contribution in [2.75, 3.05) is 7.11 Å². The van der Waals surface area contributed by atoms with Crippen LogP contribution in [0.2, 0.25) is 10.0 Å². The summed E-state index contributed by atoms with van der Waals surface area (Å²) in [5.41, 5.74) is 1.52. The van der Waals surface area contributed by atoms with Gasteiger partial charge in [0.05, 0.1) is 34.2 Å². The first-order chi connectivity index (χ1) is 7.74. The maximum atomic E-state index is 6.11. The molecule has 83 valence electrons. The zero-order chi connectivity index (χ0) is 11.5. The van der Waals surface area contributed by atoms with Gasteiger partial charge in [0.15, 0.2) is 0 Å². The number of methoxy groups -OCH3 is 1. The largest absolute Gasteiger partial charge is 0.378 e. The molecule has 1 aromatic carbocycles. The van der Waals surface area contributed by atoms with Crippen molar-refractivity contribution in [3.05, 3.63) is 46.2 Å². The van der Waals surface area contributed by atoms with Gasteiger partial charge in [0.1, 0.15) is 0 Å². The Morgan fingerprint density at radius 2 is 2.25 bits per heavy atom. The van der Waals surface area contributed by atoms with E-state index in [1.165, 1.54) is 0 Å². The van der Waals surface area contributed by atoms with E-state index in [4.69, 9.17) is 27.9 Å². The molecule has 16 heavy (non-hydrogen) atoms. The van der Waals surface area contributed by atoms with E-state index in [0.717, 1.165) is 11.4 Å². The van der Waals surface area contributed by atoms with Gasteiger partial charge < -0.3 is 4.74 Å². The van der Waals surface area contributed by atoms with E-state index in [-0.39, 0.29) is 0 Å². The van der Waals surface area contributed by atoms with E-state index in [9.17, 15) is 0 Å². The number of halogens is 2. The molecule has 0 unspecified atom stereocenters. The zero-order valence-electron chi connectivity index (χ0n) is 8.58. The third kappa shape index (κ3) is 2.07. The van der Waals surface area contributed by atoms with Crippen LogP contribution < -0.4 is 0 Å². The summed E-state index contributed by atoms with van der Waals surface area (Å²) in [7, 11) is 1.62. The average Bonchev–Trinajstić information content (AvgIpc) is 2.71. The predicted octanol–water partition coefficient (Wildman–Crippen LogP) is 3.13. The van der Waals surface area contributed by atoms with Crippen LogP contribution in [0.15, 0.2) is 24.4 Å². The van der Waals surface area contributed by atoms with E-state index >= 15 is 0 Å². The number of nitrogens with zero attached hydrogens (tertiary/aromatic N) is 2. The fourth-order valence-electron chi connectivity index (χ4n) is 1.40. The maximum Gasteiger partial charge on any atom is 0.0891 e. The summed E-state index contributed by atoms with van der Waals surface area (Å²) in [5.74, 6) is 0. The summed E-state index contributed by atoms with van der Waals surface area (Å²) in [6.45, 7) is 0.419. The Balaban J connectivity index is 2.50. The van der Waals surface area contributed by atoms with Crippen LogP contribution in [-0.2, 0) is 11.3 Å². The van der Waals surface area contributed by atoms with Crippen LogP contribution in [0.5, 0.6) is 0 Å². The molecule has 0 fully saturated rings. The lowest BCUT2D eigenvalue weighted by atomic mass is 10.3. The number of benzene rings is 1. The van der Waals surface area contributed by atoms with Crippen molar-refractivity contribution < 1.29 is 4.74 Å². The molecule has 2 aromatic rings. The van der Waals surface area contributed by atoms with Crippen molar-refractivity contribution in [3.8, 4) is 5.69 Å². The first-order valence-corrected chi connectivity index (χ1v) is 5.37. The fraction of sp³-hybridized carbons (Fsp3) is 0.182. The lowest BCUT2D eigenvalue weighted by molar-refractivity contribution is 0.179. The van der Waals surface area contributed by atoms with Crippen molar-refractivity contribution in [1.29, 1.82) is 0 Å². The molecule has 0 amide bonds. The van der Waals surface area contributed by atoms with Crippen LogP contribution in [0.4, 0.5) is 0 Å². The lowest BCUT2D eigenvalue weighted by Gasteiger charge is -2.09. The number of ether oxygens (including phenoxy) is 1. The van der Waals surface area contributed by atoms with Crippen molar-refractivity contribution >= 4 is 23.2 Å². The molecule has 0 spiro atoms. The highest BCUT2D eigenvalue weighted by Gasteiger charge is 2.10. The minimum atomic E-state index is 0.419. The molecule has 0 saturated carbocycles. The molecule has 2 rings (SSSR count). The molecular formula is C11H9Cl2N2O. The van der Waals surface area contributed by atoms with Gasteiger partial charge in [-0.2, -0.15) is 5.10 Å². The van der Waals surface area contributed by atoms with Gasteiger partial charge in [-0.25, -0.2) is 4.68 Å². The minimum Gasteiger partial charge on any atom is -0.378 e. The van der Waals surface area contributed by atoms with Gasteiger partial charge >= 0.3 is 0 Å². The van der Waals surface area contributed by atoms with Crippen LogP contribution in [0, 0.1) is 6.07 Å². The second-order valence-electron chi connectivity index (χ2n) is 3.15. The number of hydrogen-bond acceptors (Lipinski definition) is 2. The summed E-state index contributed by atoms with van der Waals surface area (Å²) in [4.78, 5) is 0. The SMILES string of the molecule is COCc1[c]cnn1-c1cccc(Cl)c1Cl. The molecule has 3 nitrogen and oxygen atoms in total. The molecule has 1 aromatic heterocycles. The summed E-state index contributed by atoms with van der Waals surface area (Å²) in [5, 5.41) is 5.11. The minimum absolute atomic E-state index is 0.419. The first-order valence-electron chi connectivity index (χ1n) is 4.62. The Hall–Kier alpha value is -1.03. The third-order valence-electron chi connectivity index (χ3n) is 2.10. The second kappa shape index (κ2) is 4.87. The molecule has 0 aliphatic carbocycles. The topological polar surface area (TPSA) is 27.1 Å². The predicted molar refractivity (Wildman–Crippen MR) is 63.1 cm³/mol. The highest BCUT2D eigenvalue weighted by Crippen LogP contribution is 2.28. The fourth-order valence-corrected chi connectivity index (χ4v) is 1.77. The van der Waals surface area contributed by atoms with Crippen LogP contribution in [0.25, 0.3) is 5.69 Å². The van der Waals surface area contributed by atoms with Crippen molar-refractivity contribution in [1.82, 2.24) is 9.78 Å². The Labute approximate surface area is 104 Å². The lowest BCUT2D eigenvalue weighted by Crippen LogP contribution is -2.03. The van der Waals surface area contributed by atoms with Crippen molar-refractivity contribution in [2.45, 2.75) is 6.61 Å². The average molecular weight is 256 g/mol. The first kappa shape index (κ1) is 11.5. The number of aromatic nitrogens is 2. The molecule has 5 heteroatoms. The normalized spacial score (nSPS) is 10.7. The van der Waals surface area contributed by atoms with E-state index in [1.807, 2.05) is 12.1 Å². The quantitative estimate of drug-likeness (QED) is 0.843. The Morgan fingerprint density at radius 3 is 3.00 bits per heavy atom. The third-order valence-corrected chi connectivity index (χ3v) is 2.91. The molecule has 0 saturated heterocycles. The molecule has 0 aliphatic rings. The Kier molecular flexibility index (Phi) is 3.49. The monoisotopic (exact) mass is 255 g/mol. The highest BCUT2D eigenvalue weighted by atomic mass is 35.5. The Morgan fingerprint density at radius 1 is 1.44 bits per heavy atom. The Bertz CT molecular complexity index is 496. The zero-order valence-corrected chi connectivity index (χ0v) is 10.1. The van der Waals surface area contributed by atoms with Crippen molar-refractivity contribution in [3.63, 3.8) is 0 Å². The van der Waals surface area contributed by atoms with Gasteiger partial charge in [-0.3, -0.25) is 0 Å². The number of rotatable bonds is 3. The maximum absolute atomic E-state index is 6.11. The molecule has 0 atom stereocenters. The van der Waals surface area contributed by atoms with E-state index in [2.05, 4.69) is 11.2 Å². The molecule has 1 heterocycles. The van der Waals surface area contributed by atoms with Gasteiger partial charge in [0, 0.05) is 13.2 Å². The van der Waals surface area contributed by atoms with Gasteiger partial charge in [-0.05, 0) is 12.1 Å². The van der Waals surface area contributed by atoms with Gasteiger partial charge in [-0.15, -0.1) is 0 Å². The molecular weight excluding hydrogens is 247 g/mol. The molecule has 1 radical (unpaired) electrons. The smallest absolute Gasteiger partial charge is 0.0891 e. The van der Waals surface area contributed by atoms with Gasteiger partial charge in [0.2, 0.25) is 0 Å². The van der Waals surface area contributed by atoms with Crippen LogP contribution in [0.3, 0.4) is 0 Å². The van der Waals surface area contributed by atoms with Crippen LogP contribution in [0.1, 0.15) is 5.69 Å². The summed E-state index contributed by atoms with van der Waals surface area (Å²) in [6, 6.07) is 8.37. The second-order valence-corrected chi connectivity index (χ2v) is 3.94. The van der Waals surface area contributed by atoms with Gasteiger partial charge in [-0.1, -0.05) is 29.3 Å². The van der Waals surface area contributed by atoms with Crippen molar-refractivity contribution in [2.24, 2.45) is 0 Å². The van der Waals surface area contributed by atoms with E-state index in [0.29, 0.717) is 16.7 Å². The van der Waals surface area contributed by atoms with Crippen LogP contribution >= 0.6 is 23.2 Å². The molecule has 0 N–H and O–H groups in total. The molecule has 0 aliphatic heterocycles.